The summed E-state index contributed by atoms with van der Waals surface area (Å²) in [4.78, 5) is 4.61. The molecule has 12 rings (SSSR count). The molecule has 0 saturated carbocycles. The summed E-state index contributed by atoms with van der Waals surface area (Å²) in [5.41, 5.74) is 19.9. The molecular formula is C65H48N4. The highest BCUT2D eigenvalue weighted by atomic mass is 15.1. The third-order valence-corrected chi connectivity index (χ3v) is 14.6. The molecule has 0 heterocycles. The van der Waals surface area contributed by atoms with E-state index in [1.165, 1.54) is 77.2 Å². The smallest absolute Gasteiger partial charge is 0.0991 e. The third kappa shape index (κ3) is 6.34. The van der Waals surface area contributed by atoms with E-state index in [1.807, 2.05) is 48.5 Å². The van der Waals surface area contributed by atoms with E-state index >= 15 is 0 Å². The van der Waals surface area contributed by atoms with Crippen LogP contribution < -0.4 is 9.80 Å². The minimum absolute atomic E-state index is 0.232. The fourth-order valence-electron chi connectivity index (χ4n) is 11.7. The van der Waals surface area contributed by atoms with Crippen LogP contribution in [0, 0.1) is 22.7 Å². The second-order valence-electron chi connectivity index (χ2n) is 19.0. The Kier molecular flexibility index (Phi) is 9.84. The number of benzene rings is 10. The van der Waals surface area contributed by atoms with E-state index in [-0.39, 0.29) is 11.8 Å². The number of hydrogen-bond donors (Lipinski definition) is 0. The van der Waals surface area contributed by atoms with Crippen LogP contribution in [0.15, 0.2) is 206 Å². The summed E-state index contributed by atoms with van der Waals surface area (Å²) in [6.45, 7) is 9.29. The van der Waals surface area contributed by atoms with Crippen LogP contribution in [0.3, 0.4) is 0 Å². The molecule has 0 unspecified atom stereocenters. The van der Waals surface area contributed by atoms with Gasteiger partial charge in [0.1, 0.15) is 0 Å². The standard InChI is InChI=1S/C65H48N4/c1-41(2)55-37-59-60-38-56(42(3)4)58-36-50(69(46-17-9-6-10-18-46)48-29-25-44(40-67)26-30-48)32-34-54(58)64(60)65(61-21-13-11-19-51(61)52-20-12-14-22-62(52)65)63(59)53-33-31-49(35-57(53)55)68(45-15-7-5-8-16-45)47-27-23-43(39-66)24-28-47/h5-38,41-42H,1-4H3. The predicted octanol–water partition coefficient (Wildman–Crippen LogP) is 17.3. The Bertz CT molecular complexity index is 3490. The van der Waals surface area contributed by atoms with Crippen LogP contribution >= 0.6 is 0 Å². The number of fused-ring (bicyclic) bond motifs is 14. The van der Waals surface area contributed by atoms with E-state index in [1.54, 1.807) is 0 Å². The Morgan fingerprint density at radius 2 is 0.696 bits per heavy atom. The van der Waals surface area contributed by atoms with Crippen molar-refractivity contribution in [3.63, 3.8) is 0 Å². The average Bonchev–Trinajstić information content (AvgIpc) is 3.86. The Hall–Kier alpha value is -8.70. The molecule has 69 heavy (non-hydrogen) atoms. The molecule has 2 aliphatic rings. The highest BCUT2D eigenvalue weighted by Crippen LogP contribution is 2.66. The van der Waals surface area contributed by atoms with Crippen molar-refractivity contribution in [2.45, 2.75) is 44.9 Å². The summed E-state index contributed by atoms with van der Waals surface area (Å²) in [7, 11) is 0. The molecule has 0 aromatic heterocycles. The molecule has 0 atom stereocenters. The number of rotatable bonds is 8. The van der Waals surface area contributed by atoms with E-state index < -0.39 is 5.41 Å². The minimum atomic E-state index is -0.624. The van der Waals surface area contributed by atoms with Crippen molar-refractivity contribution in [2.75, 3.05) is 9.80 Å². The summed E-state index contributed by atoms with van der Waals surface area (Å²) in [6, 6.07) is 78.9. The quantitative estimate of drug-likeness (QED) is 0.153. The third-order valence-electron chi connectivity index (χ3n) is 14.6. The van der Waals surface area contributed by atoms with Crippen molar-refractivity contribution in [1.82, 2.24) is 0 Å². The van der Waals surface area contributed by atoms with E-state index in [0.29, 0.717) is 11.1 Å². The molecule has 0 amide bonds. The number of nitriles is 2. The number of nitrogens with zero attached hydrogens (tertiary/aromatic N) is 4. The molecule has 10 aromatic rings. The van der Waals surface area contributed by atoms with Crippen molar-refractivity contribution in [2.24, 2.45) is 0 Å². The summed E-state index contributed by atoms with van der Waals surface area (Å²) < 4.78 is 0. The topological polar surface area (TPSA) is 54.1 Å². The lowest BCUT2D eigenvalue weighted by molar-refractivity contribution is 0.806. The molecular weight excluding hydrogens is 837 g/mol. The van der Waals surface area contributed by atoms with E-state index in [9.17, 15) is 10.5 Å². The first-order valence-electron chi connectivity index (χ1n) is 23.9. The number of anilines is 6. The van der Waals surface area contributed by atoms with Gasteiger partial charge in [-0.2, -0.15) is 10.5 Å². The fraction of sp³-hybridized carbons (Fsp3) is 0.108. The maximum absolute atomic E-state index is 9.72. The van der Waals surface area contributed by atoms with Crippen LogP contribution in [0.5, 0.6) is 0 Å². The molecule has 0 aliphatic heterocycles. The molecule has 0 N–H and O–H groups in total. The van der Waals surface area contributed by atoms with Crippen LogP contribution in [0.25, 0.3) is 43.8 Å². The summed E-state index contributed by atoms with van der Waals surface area (Å²) in [5.74, 6) is 0.463. The lowest BCUT2D eigenvalue weighted by Crippen LogP contribution is -2.27. The van der Waals surface area contributed by atoms with Crippen molar-refractivity contribution >= 4 is 55.7 Å². The molecule has 0 bridgehead atoms. The maximum atomic E-state index is 9.72. The maximum Gasteiger partial charge on any atom is 0.0991 e. The normalized spacial score (nSPS) is 12.7. The zero-order valence-electron chi connectivity index (χ0n) is 39.1. The van der Waals surface area contributed by atoms with Crippen LogP contribution in [0.4, 0.5) is 34.1 Å². The van der Waals surface area contributed by atoms with E-state index in [4.69, 9.17) is 0 Å². The largest absolute Gasteiger partial charge is 0.310 e. The monoisotopic (exact) mass is 884 g/mol. The van der Waals surface area contributed by atoms with Crippen molar-refractivity contribution < 1.29 is 0 Å². The van der Waals surface area contributed by atoms with E-state index in [2.05, 4.69) is 207 Å². The zero-order valence-corrected chi connectivity index (χ0v) is 39.1. The molecule has 4 nitrogen and oxygen atoms in total. The molecule has 0 fully saturated rings. The zero-order chi connectivity index (χ0) is 47.0. The van der Waals surface area contributed by atoms with Crippen LogP contribution in [0.1, 0.15) is 84.0 Å². The molecule has 328 valence electrons. The van der Waals surface area contributed by atoms with Gasteiger partial charge in [0, 0.05) is 34.1 Å². The first-order valence-corrected chi connectivity index (χ1v) is 23.9. The highest BCUT2D eigenvalue weighted by Gasteiger charge is 2.53. The Labute approximate surface area is 404 Å². The van der Waals surface area contributed by atoms with Crippen LogP contribution in [-0.4, -0.2) is 0 Å². The van der Waals surface area contributed by atoms with Crippen molar-refractivity contribution in [1.29, 1.82) is 10.5 Å². The first kappa shape index (κ1) is 41.7. The van der Waals surface area contributed by atoms with Crippen LogP contribution in [-0.2, 0) is 5.41 Å². The first-order chi connectivity index (χ1) is 33.8. The minimum Gasteiger partial charge on any atom is -0.310 e. The number of hydrogen-bond acceptors (Lipinski definition) is 4. The Morgan fingerprint density at radius 3 is 1.07 bits per heavy atom. The average molecular weight is 885 g/mol. The van der Waals surface area contributed by atoms with Gasteiger partial charge in [-0.1, -0.05) is 125 Å². The molecule has 0 saturated heterocycles. The van der Waals surface area contributed by atoms with Gasteiger partial charge in [-0.15, -0.1) is 0 Å². The molecule has 2 aliphatic carbocycles. The molecule has 1 spiro atoms. The highest BCUT2D eigenvalue weighted by molar-refractivity contribution is 6.11. The fourth-order valence-corrected chi connectivity index (χ4v) is 11.7. The van der Waals surface area contributed by atoms with Gasteiger partial charge in [0.25, 0.3) is 0 Å². The molecule has 10 aromatic carbocycles. The SMILES string of the molecule is CC(C)c1cc2c(c3ccc(N(c4ccccc4)c4ccc(C#N)cc4)cc13)C1(c3ccccc3-c3ccccc31)c1c-2cc(C(C)C)c2cc(N(c3ccccc3)c3ccc(C#N)cc3)ccc12. The molecule has 0 radical (unpaired) electrons. The second-order valence-corrected chi connectivity index (χ2v) is 19.0. The predicted molar refractivity (Wildman–Crippen MR) is 285 cm³/mol. The van der Waals surface area contributed by atoms with Gasteiger partial charge in [-0.05, 0) is 198 Å². The molecule has 4 heteroatoms. The van der Waals surface area contributed by atoms with Gasteiger partial charge in [-0.25, -0.2) is 0 Å². The Morgan fingerprint density at radius 1 is 0.348 bits per heavy atom. The van der Waals surface area contributed by atoms with Crippen LogP contribution in [0.2, 0.25) is 0 Å². The summed E-state index contributed by atoms with van der Waals surface area (Å²) in [5, 5.41) is 24.4. The van der Waals surface area contributed by atoms with Crippen molar-refractivity contribution in [3.8, 4) is 34.4 Å². The van der Waals surface area contributed by atoms with E-state index in [0.717, 1.165) is 34.1 Å². The van der Waals surface area contributed by atoms with Gasteiger partial charge < -0.3 is 9.80 Å². The second kappa shape index (κ2) is 16.3. The Balaban J connectivity index is 1.17. The van der Waals surface area contributed by atoms with Gasteiger partial charge >= 0.3 is 0 Å². The van der Waals surface area contributed by atoms with Crippen molar-refractivity contribution in [3.05, 3.63) is 251 Å². The van der Waals surface area contributed by atoms with Gasteiger partial charge in [0.15, 0.2) is 0 Å². The lowest BCUT2D eigenvalue weighted by atomic mass is 9.67. The van der Waals surface area contributed by atoms with Gasteiger partial charge in [0.2, 0.25) is 0 Å². The summed E-state index contributed by atoms with van der Waals surface area (Å²) >= 11 is 0. The van der Waals surface area contributed by atoms with Gasteiger partial charge in [0.05, 0.1) is 28.7 Å². The summed E-state index contributed by atoms with van der Waals surface area (Å²) in [6.07, 6.45) is 0. The lowest BCUT2D eigenvalue weighted by Gasteiger charge is -2.34. The number of para-hydroxylation sites is 2. The van der Waals surface area contributed by atoms with Gasteiger partial charge in [-0.3, -0.25) is 0 Å².